The predicted octanol–water partition coefficient (Wildman–Crippen LogP) is 3.83. The van der Waals surface area contributed by atoms with Crippen molar-refractivity contribution < 1.29 is 9.13 Å². The van der Waals surface area contributed by atoms with E-state index in [2.05, 4.69) is 31.2 Å². The summed E-state index contributed by atoms with van der Waals surface area (Å²) < 4.78 is 21.3. The number of aromatic nitrogens is 2. The van der Waals surface area contributed by atoms with Gasteiger partial charge in [-0.3, -0.25) is 4.68 Å². The minimum atomic E-state index is -0.222. The lowest BCUT2D eigenvalue weighted by molar-refractivity contribution is 0.245. The monoisotopic (exact) mass is 317 g/mol. The molecule has 0 saturated heterocycles. The first-order chi connectivity index (χ1) is 11.0. The van der Waals surface area contributed by atoms with E-state index in [0.29, 0.717) is 6.61 Å². The zero-order valence-corrected chi connectivity index (χ0v) is 14.2. The Hall–Kier alpha value is -1.88. The van der Waals surface area contributed by atoms with E-state index in [1.165, 1.54) is 17.3 Å². The minimum absolute atomic E-state index is 0.0910. The van der Waals surface area contributed by atoms with Crippen molar-refractivity contribution >= 4 is 0 Å². The van der Waals surface area contributed by atoms with Crippen molar-refractivity contribution in [2.45, 2.75) is 52.7 Å². The van der Waals surface area contributed by atoms with Crippen LogP contribution < -0.4 is 10.1 Å². The number of rotatable bonds is 4. The Kier molecular flexibility index (Phi) is 4.39. The van der Waals surface area contributed by atoms with E-state index in [0.717, 1.165) is 30.0 Å². The van der Waals surface area contributed by atoms with Gasteiger partial charge in [0.25, 0.3) is 0 Å². The Morgan fingerprint density at radius 3 is 2.91 bits per heavy atom. The molecule has 1 aromatic carbocycles. The molecule has 1 aliphatic rings. The fraction of sp³-hybridized carbons (Fsp3) is 0.500. The topological polar surface area (TPSA) is 39.1 Å². The van der Waals surface area contributed by atoms with E-state index < -0.39 is 0 Å². The van der Waals surface area contributed by atoms with Crippen LogP contribution in [0.2, 0.25) is 0 Å². The number of benzene rings is 1. The lowest BCUT2D eigenvalue weighted by Crippen LogP contribution is -2.30. The molecule has 2 atom stereocenters. The summed E-state index contributed by atoms with van der Waals surface area (Å²) in [6, 6.07) is 4.98. The van der Waals surface area contributed by atoms with Crippen molar-refractivity contribution in [1.29, 1.82) is 0 Å². The molecule has 23 heavy (non-hydrogen) atoms. The lowest BCUT2D eigenvalue weighted by Gasteiger charge is -2.29. The molecule has 0 fully saturated rings. The summed E-state index contributed by atoms with van der Waals surface area (Å²) in [6.45, 7) is 9.91. The summed E-state index contributed by atoms with van der Waals surface area (Å²) in [5, 5.41) is 8.23. The number of hydrogen-bond donors (Lipinski definition) is 1. The average molecular weight is 317 g/mol. The smallest absolute Gasteiger partial charge is 0.124 e. The highest BCUT2D eigenvalue weighted by Crippen LogP contribution is 2.34. The molecule has 0 radical (unpaired) electrons. The number of nitrogens with zero attached hydrogens (tertiary/aromatic N) is 2. The van der Waals surface area contributed by atoms with Gasteiger partial charge in [0.1, 0.15) is 11.6 Å². The highest BCUT2D eigenvalue weighted by atomic mass is 19.1. The quantitative estimate of drug-likeness (QED) is 0.931. The van der Waals surface area contributed by atoms with Gasteiger partial charge in [-0.2, -0.15) is 5.10 Å². The maximum atomic E-state index is 13.6. The summed E-state index contributed by atoms with van der Waals surface area (Å²) >= 11 is 0. The average Bonchev–Trinajstić information content (AvgIpc) is 2.82. The summed E-state index contributed by atoms with van der Waals surface area (Å²) in [5.41, 5.74) is 4.38. The van der Waals surface area contributed by atoms with Gasteiger partial charge in [0.2, 0.25) is 0 Å². The number of aryl methyl sites for hydroxylation is 2. The Balaban J connectivity index is 1.86. The molecule has 1 N–H and O–H groups in total. The normalized spacial score (nSPS) is 18.4. The van der Waals surface area contributed by atoms with Crippen LogP contribution in [0.1, 0.15) is 54.9 Å². The van der Waals surface area contributed by atoms with Gasteiger partial charge < -0.3 is 10.1 Å². The van der Waals surface area contributed by atoms with E-state index in [1.54, 1.807) is 12.1 Å². The Labute approximate surface area is 136 Å². The number of hydrogen-bond acceptors (Lipinski definition) is 3. The second-order valence-electron chi connectivity index (χ2n) is 6.16. The van der Waals surface area contributed by atoms with Crippen LogP contribution in [0.3, 0.4) is 0 Å². The van der Waals surface area contributed by atoms with Gasteiger partial charge in [-0.05, 0) is 45.9 Å². The fourth-order valence-corrected chi connectivity index (χ4v) is 3.57. The largest absolute Gasteiger partial charge is 0.493 e. The van der Waals surface area contributed by atoms with Gasteiger partial charge in [0, 0.05) is 41.9 Å². The molecule has 2 heterocycles. The first kappa shape index (κ1) is 16.0. The Morgan fingerprint density at radius 2 is 2.22 bits per heavy atom. The van der Waals surface area contributed by atoms with E-state index in [4.69, 9.17) is 4.74 Å². The van der Waals surface area contributed by atoms with Crippen LogP contribution in [0.25, 0.3) is 0 Å². The molecule has 1 aromatic heterocycles. The standard InChI is InChI=1S/C18H24FN3O/c1-5-22-13(4)18(12(3)21-22)11(2)20-16-8-9-23-17-7-6-14(19)10-15(16)17/h6-7,10-11,16,20H,5,8-9H2,1-4H3/t11-,16-/m1/s1. The molecule has 124 valence electrons. The maximum Gasteiger partial charge on any atom is 0.124 e. The zero-order chi connectivity index (χ0) is 16.6. The number of halogens is 1. The maximum absolute atomic E-state index is 13.6. The Morgan fingerprint density at radius 1 is 1.43 bits per heavy atom. The third-order valence-electron chi connectivity index (χ3n) is 4.63. The van der Waals surface area contributed by atoms with Crippen molar-refractivity contribution in [3.05, 3.63) is 46.5 Å². The molecule has 3 rings (SSSR count). The van der Waals surface area contributed by atoms with Crippen molar-refractivity contribution in [1.82, 2.24) is 15.1 Å². The molecule has 2 aromatic rings. The summed E-state index contributed by atoms with van der Waals surface area (Å²) in [4.78, 5) is 0. The third-order valence-corrected chi connectivity index (χ3v) is 4.63. The van der Waals surface area contributed by atoms with Gasteiger partial charge in [-0.25, -0.2) is 4.39 Å². The zero-order valence-electron chi connectivity index (χ0n) is 14.2. The molecule has 0 spiro atoms. The van der Waals surface area contributed by atoms with Crippen LogP contribution in [0.4, 0.5) is 4.39 Å². The molecule has 0 unspecified atom stereocenters. The second kappa shape index (κ2) is 6.32. The third kappa shape index (κ3) is 2.98. The molecule has 0 aliphatic carbocycles. The summed E-state index contributed by atoms with van der Waals surface area (Å²) in [7, 11) is 0. The SMILES string of the molecule is CCn1nc(C)c([C@@H](C)N[C@@H]2CCOc3ccc(F)cc32)c1C. The highest BCUT2D eigenvalue weighted by Gasteiger charge is 2.25. The second-order valence-corrected chi connectivity index (χ2v) is 6.16. The van der Waals surface area contributed by atoms with Gasteiger partial charge in [0.15, 0.2) is 0 Å². The molecule has 0 saturated carbocycles. The summed E-state index contributed by atoms with van der Waals surface area (Å²) in [5.74, 6) is 0.555. The van der Waals surface area contributed by atoms with Crippen LogP contribution in [0.15, 0.2) is 18.2 Å². The van der Waals surface area contributed by atoms with Gasteiger partial charge >= 0.3 is 0 Å². The molecule has 1 aliphatic heterocycles. The van der Waals surface area contributed by atoms with E-state index in [9.17, 15) is 4.39 Å². The van der Waals surface area contributed by atoms with E-state index in [1.807, 2.05) is 11.6 Å². The van der Waals surface area contributed by atoms with Crippen LogP contribution in [0.5, 0.6) is 5.75 Å². The summed E-state index contributed by atoms with van der Waals surface area (Å²) in [6.07, 6.45) is 0.834. The van der Waals surface area contributed by atoms with E-state index >= 15 is 0 Å². The first-order valence-electron chi connectivity index (χ1n) is 8.23. The number of ether oxygens (including phenoxy) is 1. The number of nitrogens with one attached hydrogen (secondary N) is 1. The highest BCUT2D eigenvalue weighted by molar-refractivity contribution is 5.38. The van der Waals surface area contributed by atoms with Crippen LogP contribution in [-0.4, -0.2) is 16.4 Å². The molecule has 5 heteroatoms. The molecular weight excluding hydrogens is 293 g/mol. The van der Waals surface area contributed by atoms with Gasteiger partial charge in [0.05, 0.1) is 12.3 Å². The van der Waals surface area contributed by atoms with Crippen molar-refractivity contribution in [3.8, 4) is 5.75 Å². The van der Waals surface area contributed by atoms with Crippen molar-refractivity contribution in [3.63, 3.8) is 0 Å². The van der Waals surface area contributed by atoms with Crippen LogP contribution >= 0.6 is 0 Å². The van der Waals surface area contributed by atoms with Gasteiger partial charge in [-0.15, -0.1) is 0 Å². The van der Waals surface area contributed by atoms with E-state index in [-0.39, 0.29) is 17.9 Å². The minimum Gasteiger partial charge on any atom is -0.493 e. The van der Waals surface area contributed by atoms with Crippen LogP contribution in [-0.2, 0) is 6.54 Å². The van der Waals surface area contributed by atoms with Gasteiger partial charge in [-0.1, -0.05) is 0 Å². The molecular formula is C18H24FN3O. The van der Waals surface area contributed by atoms with Crippen molar-refractivity contribution in [2.24, 2.45) is 0 Å². The Bertz CT molecular complexity index is 711. The molecule has 4 nitrogen and oxygen atoms in total. The van der Waals surface area contributed by atoms with Crippen molar-refractivity contribution in [2.75, 3.05) is 6.61 Å². The number of fused-ring (bicyclic) bond motifs is 1. The molecule has 0 amide bonds. The molecule has 0 bridgehead atoms. The first-order valence-corrected chi connectivity index (χ1v) is 8.23. The lowest BCUT2D eigenvalue weighted by atomic mass is 9.97. The van der Waals surface area contributed by atoms with Crippen LogP contribution in [0, 0.1) is 19.7 Å². The fourth-order valence-electron chi connectivity index (χ4n) is 3.57. The predicted molar refractivity (Wildman–Crippen MR) is 88.2 cm³/mol.